The monoisotopic (exact) mass is 383 g/mol. The highest BCUT2D eigenvalue weighted by atomic mass is 79.9. The topological polar surface area (TPSA) is 42.2 Å². The number of halogens is 1. The van der Waals surface area contributed by atoms with Crippen LogP contribution >= 0.6 is 15.9 Å². The van der Waals surface area contributed by atoms with Crippen LogP contribution in [-0.4, -0.2) is 28.1 Å². The fourth-order valence-electron chi connectivity index (χ4n) is 2.99. The van der Waals surface area contributed by atoms with Gasteiger partial charge in [0.05, 0.1) is 5.92 Å². The number of aromatic nitrogens is 2. The summed E-state index contributed by atoms with van der Waals surface area (Å²) in [6.45, 7) is 2.92. The molecule has 0 aliphatic carbocycles. The molecule has 1 aromatic heterocycles. The summed E-state index contributed by atoms with van der Waals surface area (Å²) >= 11 is 3.47. The lowest BCUT2D eigenvalue weighted by molar-refractivity contribution is 0.117. The van der Waals surface area contributed by atoms with Gasteiger partial charge in [0.15, 0.2) is 5.82 Å². The van der Waals surface area contributed by atoms with E-state index in [2.05, 4.69) is 67.4 Å². The van der Waals surface area contributed by atoms with Crippen molar-refractivity contribution < 1.29 is 4.52 Å². The molecule has 2 aromatic carbocycles. The van der Waals surface area contributed by atoms with Crippen LogP contribution < -0.4 is 0 Å². The van der Waals surface area contributed by atoms with Crippen molar-refractivity contribution in [2.45, 2.75) is 18.9 Å². The largest absolute Gasteiger partial charge is 0.339 e. The molecule has 0 amide bonds. The Morgan fingerprint density at radius 3 is 2.50 bits per heavy atom. The zero-order valence-electron chi connectivity index (χ0n) is 13.2. The summed E-state index contributed by atoms with van der Waals surface area (Å²) in [7, 11) is 0. The molecule has 4 nitrogen and oxygen atoms in total. The van der Waals surface area contributed by atoms with Crippen LogP contribution in [0.4, 0.5) is 0 Å². The molecule has 122 valence electrons. The quantitative estimate of drug-likeness (QED) is 0.666. The molecule has 0 N–H and O–H groups in total. The molecule has 1 aliphatic heterocycles. The molecule has 1 aliphatic rings. The maximum absolute atomic E-state index is 5.46. The highest BCUT2D eigenvalue weighted by molar-refractivity contribution is 9.10. The minimum Gasteiger partial charge on any atom is -0.339 e. The summed E-state index contributed by atoms with van der Waals surface area (Å²) < 4.78 is 6.58. The molecule has 1 fully saturated rings. The van der Waals surface area contributed by atoms with Gasteiger partial charge in [-0.15, -0.1) is 0 Å². The highest BCUT2D eigenvalue weighted by Crippen LogP contribution is 2.27. The third kappa shape index (κ3) is 3.57. The zero-order valence-corrected chi connectivity index (χ0v) is 14.8. The van der Waals surface area contributed by atoms with E-state index >= 15 is 0 Å². The van der Waals surface area contributed by atoms with Gasteiger partial charge < -0.3 is 4.52 Å². The van der Waals surface area contributed by atoms with E-state index in [0.717, 1.165) is 42.2 Å². The Balaban J connectivity index is 1.31. The van der Waals surface area contributed by atoms with Gasteiger partial charge in [-0.3, -0.25) is 4.90 Å². The van der Waals surface area contributed by atoms with Gasteiger partial charge in [-0.2, -0.15) is 4.98 Å². The van der Waals surface area contributed by atoms with E-state index in [4.69, 9.17) is 4.52 Å². The van der Waals surface area contributed by atoms with Crippen molar-refractivity contribution in [1.29, 1.82) is 0 Å². The van der Waals surface area contributed by atoms with Crippen LogP contribution in [0, 0.1) is 0 Å². The van der Waals surface area contributed by atoms with Crippen LogP contribution in [-0.2, 0) is 13.0 Å². The van der Waals surface area contributed by atoms with Crippen LogP contribution in [0.1, 0.15) is 28.8 Å². The van der Waals surface area contributed by atoms with Gasteiger partial charge in [0.25, 0.3) is 0 Å². The minimum absolute atomic E-state index is 0.359. The third-order valence-corrected chi connectivity index (χ3v) is 4.84. The van der Waals surface area contributed by atoms with Gasteiger partial charge in [-0.1, -0.05) is 63.6 Å². The minimum atomic E-state index is 0.359. The number of hydrogen-bond acceptors (Lipinski definition) is 4. The normalized spacial score (nSPS) is 15.4. The summed E-state index contributed by atoms with van der Waals surface area (Å²) in [4.78, 5) is 6.97. The zero-order chi connectivity index (χ0) is 16.4. The Kier molecular flexibility index (Phi) is 4.45. The lowest BCUT2D eigenvalue weighted by Gasteiger charge is -2.37. The van der Waals surface area contributed by atoms with E-state index in [-0.39, 0.29) is 0 Å². The van der Waals surface area contributed by atoms with E-state index in [1.165, 1.54) is 11.1 Å². The van der Waals surface area contributed by atoms with Crippen molar-refractivity contribution in [2.75, 3.05) is 13.1 Å². The van der Waals surface area contributed by atoms with Crippen LogP contribution in [0.2, 0.25) is 0 Å². The lowest BCUT2D eigenvalue weighted by atomic mass is 9.99. The average Bonchev–Trinajstić information content (AvgIpc) is 3.01. The van der Waals surface area contributed by atoms with Crippen LogP contribution in [0.25, 0.3) is 0 Å². The molecule has 1 saturated heterocycles. The second kappa shape index (κ2) is 6.87. The molecule has 5 heteroatoms. The van der Waals surface area contributed by atoms with Gasteiger partial charge in [0, 0.05) is 30.5 Å². The molecule has 4 rings (SSSR count). The van der Waals surface area contributed by atoms with Gasteiger partial charge in [-0.05, 0) is 23.3 Å². The Hall–Kier alpha value is -1.98. The fourth-order valence-corrected chi connectivity index (χ4v) is 3.25. The molecule has 0 atom stereocenters. The van der Waals surface area contributed by atoms with Crippen LogP contribution in [0.5, 0.6) is 0 Å². The summed E-state index contributed by atoms with van der Waals surface area (Å²) in [6.07, 6.45) is 0.722. The number of benzene rings is 2. The Labute approximate surface area is 149 Å². The third-order valence-electron chi connectivity index (χ3n) is 4.31. The predicted octanol–water partition coefficient (Wildman–Crippen LogP) is 4.02. The molecule has 0 bridgehead atoms. The maximum atomic E-state index is 5.46. The predicted molar refractivity (Wildman–Crippen MR) is 95.7 cm³/mol. The van der Waals surface area contributed by atoms with Gasteiger partial charge in [0.1, 0.15) is 0 Å². The van der Waals surface area contributed by atoms with Crippen LogP contribution in [0.15, 0.2) is 63.6 Å². The Bertz CT molecular complexity index is 795. The van der Waals surface area contributed by atoms with Crippen molar-refractivity contribution in [2.24, 2.45) is 0 Å². The SMILES string of the molecule is Brc1ccc(CN2CC(c3nc(Cc4ccccc4)no3)C2)cc1. The number of nitrogens with zero attached hydrogens (tertiary/aromatic N) is 3. The molecular weight excluding hydrogens is 366 g/mol. The highest BCUT2D eigenvalue weighted by Gasteiger charge is 2.32. The van der Waals surface area contributed by atoms with Gasteiger partial charge in [0.2, 0.25) is 5.89 Å². The van der Waals surface area contributed by atoms with E-state index in [9.17, 15) is 0 Å². The van der Waals surface area contributed by atoms with Crippen molar-refractivity contribution in [3.63, 3.8) is 0 Å². The first-order valence-corrected chi connectivity index (χ1v) is 8.89. The lowest BCUT2D eigenvalue weighted by Crippen LogP contribution is -2.44. The molecule has 2 heterocycles. The van der Waals surface area contributed by atoms with Gasteiger partial charge >= 0.3 is 0 Å². The summed E-state index contributed by atoms with van der Waals surface area (Å²) in [5, 5.41) is 4.12. The molecule has 0 unspecified atom stereocenters. The first kappa shape index (κ1) is 15.5. The first-order chi connectivity index (χ1) is 11.8. The van der Waals surface area contributed by atoms with Crippen molar-refractivity contribution >= 4 is 15.9 Å². The van der Waals surface area contributed by atoms with E-state index in [0.29, 0.717) is 5.92 Å². The smallest absolute Gasteiger partial charge is 0.232 e. The summed E-state index contributed by atoms with van der Waals surface area (Å²) in [6, 6.07) is 18.7. The second-order valence-corrected chi connectivity index (χ2v) is 7.14. The maximum Gasteiger partial charge on any atom is 0.232 e. The van der Waals surface area contributed by atoms with Crippen molar-refractivity contribution in [3.05, 3.63) is 81.9 Å². The second-order valence-electron chi connectivity index (χ2n) is 6.23. The standard InChI is InChI=1S/C19H18BrN3O/c20-17-8-6-15(7-9-17)11-23-12-16(13-23)19-21-18(22-24-19)10-14-4-2-1-3-5-14/h1-9,16H,10-13H2. The number of likely N-dealkylation sites (tertiary alicyclic amines) is 1. The van der Waals surface area contributed by atoms with Crippen molar-refractivity contribution in [3.8, 4) is 0 Å². The fraction of sp³-hybridized carbons (Fsp3) is 0.263. The van der Waals surface area contributed by atoms with E-state index < -0.39 is 0 Å². The summed E-state index contributed by atoms with van der Waals surface area (Å²) in [5.74, 6) is 1.90. The molecule has 3 aromatic rings. The number of hydrogen-bond donors (Lipinski definition) is 0. The van der Waals surface area contributed by atoms with E-state index in [1.807, 2.05) is 18.2 Å². The first-order valence-electron chi connectivity index (χ1n) is 8.09. The van der Waals surface area contributed by atoms with E-state index in [1.54, 1.807) is 0 Å². The van der Waals surface area contributed by atoms with Crippen LogP contribution in [0.3, 0.4) is 0 Å². The van der Waals surface area contributed by atoms with Crippen molar-refractivity contribution in [1.82, 2.24) is 15.0 Å². The molecule has 0 saturated carbocycles. The average molecular weight is 384 g/mol. The molecule has 0 spiro atoms. The molecule has 0 radical (unpaired) electrons. The molecular formula is C19H18BrN3O. The Morgan fingerprint density at radius 1 is 1.00 bits per heavy atom. The molecule has 24 heavy (non-hydrogen) atoms. The Morgan fingerprint density at radius 2 is 1.75 bits per heavy atom. The number of rotatable bonds is 5. The van der Waals surface area contributed by atoms with Gasteiger partial charge in [-0.25, -0.2) is 0 Å². The summed E-state index contributed by atoms with van der Waals surface area (Å²) in [5.41, 5.74) is 2.53.